The van der Waals surface area contributed by atoms with Crippen LogP contribution in [0.1, 0.15) is 25.1 Å². The predicted octanol–water partition coefficient (Wildman–Crippen LogP) is 3.55. The van der Waals surface area contributed by atoms with Crippen molar-refractivity contribution in [3.8, 4) is 0 Å². The van der Waals surface area contributed by atoms with Gasteiger partial charge in [-0.05, 0) is 44.5 Å². The Bertz CT molecular complexity index is 654. The molecule has 0 aliphatic carbocycles. The van der Waals surface area contributed by atoms with Crippen LogP contribution in [0.4, 0.5) is 16.2 Å². The molecule has 1 amide bonds. The van der Waals surface area contributed by atoms with Crippen molar-refractivity contribution in [1.29, 1.82) is 0 Å². The van der Waals surface area contributed by atoms with Gasteiger partial charge in [-0.2, -0.15) is 0 Å². The summed E-state index contributed by atoms with van der Waals surface area (Å²) in [5.41, 5.74) is 8.24. The molecule has 1 aromatic carbocycles. The molecule has 116 valence electrons. The molecule has 2 rings (SSSR count). The molecule has 0 aliphatic heterocycles. The van der Waals surface area contributed by atoms with Gasteiger partial charge >= 0.3 is 6.09 Å². The number of ether oxygens (including phenoxy) is 1. The monoisotopic (exact) mass is 299 g/mol. The molecule has 0 saturated carbocycles. The van der Waals surface area contributed by atoms with Crippen LogP contribution in [-0.2, 0) is 11.2 Å². The number of nitrogens with one attached hydrogen (secondary N) is 1. The van der Waals surface area contributed by atoms with Crippen LogP contribution in [0.25, 0.3) is 0 Å². The molecule has 0 radical (unpaired) electrons. The number of nitrogens with zero attached hydrogens (tertiary/aromatic N) is 1. The lowest BCUT2D eigenvalue weighted by atomic mass is 9.99. The third-order valence-electron chi connectivity index (χ3n) is 3.22. The smallest absolute Gasteiger partial charge is 0.405 e. The van der Waals surface area contributed by atoms with Crippen LogP contribution >= 0.6 is 0 Å². The summed E-state index contributed by atoms with van der Waals surface area (Å²) in [6.45, 7) is 5.61. The van der Waals surface area contributed by atoms with Gasteiger partial charge in [-0.3, -0.25) is 4.98 Å². The van der Waals surface area contributed by atoms with Gasteiger partial charge in [0.05, 0.1) is 11.9 Å². The highest BCUT2D eigenvalue weighted by Gasteiger charge is 2.23. The van der Waals surface area contributed by atoms with Gasteiger partial charge in [0.25, 0.3) is 0 Å². The standard InChI is InChI=1S/C17H21N3O2/c1-12-9-14(20-13-7-5-4-6-8-13)11-19-15(12)10-17(2,3)22-16(18)21/h4-9,11,20H,10H2,1-3H3,(H2,18,21). The van der Waals surface area contributed by atoms with Crippen molar-refractivity contribution in [2.75, 3.05) is 5.32 Å². The summed E-state index contributed by atoms with van der Waals surface area (Å²) in [5.74, 6) is 0. The molecule has 0 aliphatic rings. The number of rotatable bonds is 5. The molecule has 5 nitrogen and oxygen atoms in total. The molecule has 0 unspecified atom stereocenters. The fourth-order valence-corrected chi connectivity index (χ4v) is 2.26. The van der Waals surface area contributed by atoms with Gasteiger partial charge in [0.2, 0.25) is 0 Å². The normalized spacial score (nSPS) is 11.0. The first-order chi connectivity index (χ1) is 10.4. The lowest BCUT2D eigenvalue weighted by Gasteiger charge is -2.24. The zero-order chi connectivity index (χ0) is 16.2. The van der Waals surface area contributed by atoms with E-state index in [-0.39, 0.29) is 0 Å². The summed E-state index contributed by atoms with van der Waals surface area (Å²) in [4.78, 5) is 15.4. The van der Waals surface area contributed by atoms with E-state index in [1.165, 1.54) is 0 Å². The molecule has 1 aromatic heterocycles. The molecule has 3 N–H and O–H groups in total. The Morgan fingerprint density at radius 2 is 1.95 bits per heavy atom. The average molecular weight is 299 g/mol. The fourth-order valence-electron chi connectivity index (χ4n) is 2.26. The van der Waals surface area contributed by atoms with Crippen LogP contribution in [0.2, 0.25) is 0 Å². The summed E-state index contributed by atoms with van der Waals surface area (Å²) >= 11 is 0. The van der Waals surface area contributed by atoms with Gasteiger partial charge in [-0.15, -0.1) is 0 Å². The van der Waals surface area contributed by atoms with Crippen LogP contribution in [0, 0.1) is 6.92 Å². The Labute approximate surface area is 130 Å². The van der Waals surface area contributed by atoms with Crippen molar-refractivity contribution < 1.29 is 9.53 Å². The molecule has 22 heavy (non-hydrogen) atoms. The minimum atomic E-state index is -0.773. The van der Waals surface area contributed by atoms with Crippen molar-refractivity contribution in [1.82, 2.24) is 4.98 Å². The van der Waals surface area contributed by atoms with E-state index in [1.54, 1.807) is 6.20 Å². The molecule has 5 heteroatoms. The Balaban J connectivity index is 2.11. The Hall–Kier alpha value is -2.56. The van der Waals surface area contributed by atoms with Gasteiger partial charge < -0.3 is 15.8 Å². The number of amides is 1. The lowest BCUT2D eigenvalue weighted by Crippen LogP contribution is -2.33. The number of hydrogen-bond donors (Lipinski definition) is 2. The first-order valence-corrected chi connectivity index (χ1v) is 7.12. The van der Waals surface area contributed by atoms with Crippen LogP contribution in [-0.4, -0.2) is 16.7 Å². The van der Waals surface area contributed by atoms with E-state index in [0.29, 0.717) is 6.42 Å². The summed E-state index contributed by atoms with van der Waals surface area (Å²) in [5, 5.41) is 3.30. The zero-order valence-electron chi connectivity index (χ0n) is 13.1. The topological polar surface area (TPSA) is 77.2 Å². The maximum Gasteiger partial charge on any atom is 0.405 e. The highest BCUT2D eigenvalue weighted by molar-refractivity contribution is 5.65. The second kappa shape index (κ2) is 6.47. The second-order valence-electron chi connectivity index (χ2n) is 5.84. The number of para-hydroxylation sites is 1. The molecule has 2 aromatic rings. The number of benzene rings is 1. The molecule has 0 spiro atoms. The van der Waals surface area contributed by atoms with E-state index in [1.807, 2.05) is 57.2 Å². The maximum absolute atomic E-state index is 10.9. The van der Waals surface area contributed by atoms with E-state index >= 15 is 0 Å². The summed E-state index contributed by atoms with van der Waals surface area (Å²) in [6.07, 6.45) is 1.51. The van der Waals surface area contributed by atoms with Crippen molar-refractivity contribution in [2.24, 2.45) is 5.73 Å². The Morgan fingerprint density at radius 3 is 2.55 bits per heavy atom. The van der Waals surface area contributed by atoms with Crippen molar-refractivity contribution in [3.63, 3.8) is 0 Å². The molecular formula is C17H21N3O2. The van der Waals surface area contributed by atoms with Gasteiger partial charge in [0.1, 0.15) is 5.60 Å². The van der Waals surface area contributed by atoms with Gasteiger partial charge in [0, 0.05) is 17.8 Å². The number of aromatic nitrogens is 1. The van der Waals surface area contributed by atoms with Gasteiger partial charge in [-0.1, -0.05) is 18.2 Å². The highest BCUT2D eigenvalue weighted by Crippen LogP contribution is 2.22. The summed E-state index contributed by atoms with van der Waals surface area (Å²) in [7, 11) is 0. The Morgan fingerprint density at radius 1 is 1.27 bits per heavy atom. The summed E-state index contributed by atoms with van der Waals surface area (Å²) < 4.78 is 5.11. The molecule has 0 bridgehead atoms. The maximum atomic E-state index is 10.9. The predicted molar refractivity (Wildman–Crippen MR) is 87.2 cm³/mol. The van der Waals surface area contributed by atoms with Crippen molar-refractivity contribution in [2.45, 2.75) is 32.8 Å². The number of anilines is 2. The van der Waals surface area contributed by atoms with E-state index in [4.69, 9.17) is 10.5 Å². The second-order valence-corrected chi connectivity index (χ2v) is 5.84. The Kier molecular flexibility index (Phi) is 4.65. The largest absolute Gasteiger partial charge is 0.443 e. The number of carbonyl (C=O) groups excluding carboxylic acids is 1. The number of aryl methyl sites for hydroxylation is 1. The average Bonchev–Trinajstić information content (AvgIpc) is 2.41. The molecule has 0 saturated heterocycles. The zero-order valence-corrected chi connectivity index (χ0v) is 13.1. The van der Waals surface area contributed by atoms with Crippen molar-refractivity contribution >= 4 is 17.5 Å². The van der Waals surface area contributed by atoms with E-state index in [2.05, 4.69) is 10.3 Å². The lowest BCUT2D eigenvalue weighted by molar-refractivity contribution is 0.0452. The van der Waals surface area contributed by atoms with E-state index in [9.17, 15) is 4.79 Å². The highest BCUT2D eigenvalue weighted by atomic mass is 16.6. The fraction of sp³-hybridized carbons (Fsp3) is 0.294. The van der Waals surface area contributed by atoms with Crippen LogP contribution in [0.5, 0.6) is 0 Å². The minimum absolute atomic E-state index is 0.507. The van der Waals surface area contributed by atoms with E-state index in [0.717, 1.165) is 22.6 Å². The van der Waals surface area contributed by atoms with Crippen molar-refractivity contribution in [3.05, 3.63) is 53.9 Å². The minimum Gasteiger partial charge on any atom is -0.443 e. The first kappa shape index (κ1) is 15.8. The summed E-state index contributed by atoms with van der Waals surface area (Å²) in [6, 6.07) is 11.9. The van der Waals surface area contributed by atoms with E-state index < -0.39 is 11.7 Å². The number of nitrogens with two attached hydrogens (primary N) is 1. The quantitative estimate of drug-likeness (QED) is 0.885. The third-order valence-corrected chi connectivity index (χ3v) is 3.22. The van der Waals surface area contributed by atoms with Crippen LogP contribution in [0.15, 0.2) is 42.6 Å². The van der Waals surface area contributed by atoms with Crippen LogP contribution < -0.4 is 11.1 Å². The molecule has 0 fully saturated rings. The number of carbonyl (C=O) groups is 1. The SMILES string of the molecule is Cc1cc(Nc2ccccc2)cnc1CC(C)(C)OC(N)=O. The van der Waals surface area contributed by atoms with Gasteiger partial charge in [0.15, 0.2) is 0 Å². The molecular weight excluding hydrogens is 278 g/mol. The molecule has 0 atom stereocenters. The van der Waals surface area contributed by atoms with Crippen LogP contribution in [0.3, 0.4) is 0 Å². The third kappa shape index (κ3) is 4.48. The molecule has 1 heterocycles. The van der Waals surface area contributed by atoms with Gasteiger partial charge in [-0.25, -0.2) is 4.79 Å². The first-order valence-electron chi connectivity index (χ1n) is 7.12. The number of hydrogen-bond acceptors (Lipinski definition) is 4. The number of primary amides is 1. The number of pyridine rings is 1.